The lowest BCUT2D eigenvalue weighted by atomic mass is 10.00. The fourth-order valence-corrected chi connectivity index (χ4v) is 2.15. The lowest BCUT2D eigenvalue weighted by molar-refractivity contribution is 0.181. The normalized spacial score (nSPS) is 19.7. The Morgan fingerprint density at radius 1 is 1.61 bits per heavy atom. The van der Waals surface area contributed by atoms with Crippen LogP contribution in [-0.4, -0.2) is 36.7 Å². The van der Waals surface area contributed by atoms with E-state index in [0.29, 0.717) is 24.2 Å². The quantitative estimate of drug-likeness (QED) is 0.703. The van der Waals surface area contributed by atoms with Crippen LogP contribution >= 0.6 is 0 Å². The summed E-state index contributed by atoms with van der Waals surface area (Å²) in [5, 5.41) is 6.55. The summed E-state index contributed by atoms with van der Waals surface area (Å²) in [6, 6.07) is 1.46. The molecule has 1 unspecified atom stereocenters. The van der Waals surface area contributed by atoms with E-state index in [-0.39, 0.29) is 5.56 Å². The summed E-state index contributed by atoms with van der Waals surface area (Å²) in [6.45, 7) is 3.31. The van der Waals surface area contributed by atoms with E-state index < -0.39 is 0 Å². The Kier molecular flexibility index (Phi) is 4.72. The number of nitrogens with one attached hydrogen (secondary N) is 3. The maximum absolute atomic E-state index is 11.4. The minimum absolute atomic E-state index is 0.152. The molecular formula is C12H20N4O2. The maximum atomic E-state index is 11.4. The van der Waals surface area contributed by atoms with Gasteiger partial charge in [0.2, 0.25) is 5.95 Å². The lowest BCUT2D eigenvalue weighted by Gasteiger charge is -2.22. The summed E-state index contributed by atoms with van der Waals surface area (Å²) in [5.41, 5.74) is 0.492. The van der Waals surface area contributed by atoms with Crippen LogP contribution < -0.4 is 16.2 Å². The van der Waals surface area contributed by atoms with Crippen molar-refractivity contribution in [3.8, 4) is 0 Å². The van der Waals surface area contributed by atoms with Gasteiger partial charge in [-0.3, -0.25) is 9.78 Å². The molecule has 0 aromatic carbocycles. The molecule has 1 aromatic rings. The van der Waals surface area contributed by atoms with Gasteiger partial charge in [-0.1, -0.05) is 0 Å². The van der Waals surface area contributed by atoms with Crippen molar-refractivity contribution in [2.75, 3.05) is 32.1 Å². The number of hydrogen-bond acceptors (Lipinski definition) is 5. The molecular weight excluding hydrogens is 232 g/mol. The van der Waals surface area contributed by atoms with Gasteiger partial charge < -0.3 is 15.4 Å². The molecule has 100 valence electrons. The molecule has 6 heteroatoms. The average molecular weight is 252 g/mol. The third-order valence-corrected chi connectivity index (χ3v) is 3.04. The van der Waals surface area contributed by atoms with Crippen LogP contribution in [-0.2, 0) is 11.3 Å². The molecule has 0 aliphatic carbocycles. The minimum Gasteiger partial charge on any atom is -0.378 e. The molecule has 1 aromatic heterocycles. The van der Waals surface area contributed by atoms with Gasteiger partial charge in [-0.05, 0) is 31.8 Å². The van der Waals surface area contributed by atoms with E-state index in [4.69, 9.17) is 4.74 Å². The maximum Gasteiger partial charge on any atom is 0.252 e. The number of nitrogens with zero attached hydrogens (tertiary/aromatic N) is 1. The number of anilines is 1. The second-order valence-corrected chi connectivity index (χ2v) is 4.61. The first-order valence-corrected chi connectivity index (χ1v) is 6.31. The van der Waals surface area contributed by atoms with Gasteiger partial charge in [-0.15, -0.1) is 0 Å². The summed E-state index contributed by atoms with van der Waals surface area (Å²) >= 11 is 0. The Labute approximate surface area is 106 Å². The number of ether oxygens (including phenoxy) is 1. The van der Waals surface area contributed by atoms with Crippen LogP contribution in [0.2, 0.25) is 0 Å². The van der Waals surface area contributed by atoms with Gasteiger partial charge in [-0.25, -0.2) is 4.98 Å². The number of hydrogen-bond donors (Lipinski definition) is 3. The standard InChI is InChI=1S/C12H20N4O2/c1-18-8-10-5-11(17)16-12(15-10)14-7-9-3-2-4-13-6-9/h5,9,13H,2-4,6-8H2,1H3,(H2,14,15,16,17). The Morgan fingerprint density at radius 2 is 2.50 bits per heavy atom. The smallest absolute Gasteiger partial charge is 0.252 e. The Bertz CT molecular complexity index is 426. The first kappa shape index (κ1) is 13.0. The second-order valence-electron chi connectivity index (χ2n) is 4.61. The van der Waals surface area contributed by atoms with E-state index in [1.807, 2.05) is 0 Å². The monoisotopic (exact) mass is 252 g/mol. The Balaban J connectivity index is 1.93. The molecule has 1 atom stereocenters. The zero-order chi connectivity index (χ0) is 12.8. The van der Waals surface area contributed by atoms with Gasteiger partial charge >= 0.3 is 0 Å². The summed E-state index contributed by atoms with van der Waals surface area (Å²) in [4.78, 5) is 18.4. The van der Waals surface area contributed by atoms with E-state index in [0.717, 1.165) is 19.6 Å². The molecule has 2 heterocycles. The highest BCUT2D eigenvalue weighted by Gasteiger charge is 2.12. The van der Waals surface area contributed by atoms with Crippen molar-refractivity contribution < 1.29 is 4.74 Å². The highest BCUT2D eigenvalue weighted by atomic mass is 16.5. The Hall–Kier alpha value is -1.40. The molecule has 1 aliphatic rings. The van der Waals surface area contributed by atoms with Gasteiger partial charge in [0.15, 0.2) is 0 Å². The molecule has 0 radical (unpaired) electrons. The predicted octanol–water partition coefficient (Wildman–Crippen LogP) is 0.328. The van der Waals surface area contributed by atoms with E-state index in [2.05, 4.69) is 20.6 Å². The molecule has 3 N–H and O–H groups in total. The molecule has 0 amide bonds. The Morgan fingerprint density at radius 3 is 3.22 bits per heavy atom. The van der Waals surface area contributed by atoms with Crippen LogP contribution in [0, 0.1) is 5.92 Å². The van der Waals surface area contributed by atoms with Gasteiger partial charge in [0.05, 0.1) is 12.3 Å². The molecule has 18 heavy (non-hydrogen) atoms. The van der Waals surface area contributed by atoms with Gasteiger partial charge in [0.25, 0.3) is 5.56 Å². The van der Waals surface area contributed by atoms with Gasteiger partial charge in [0, 0.05) is 19.7 Å². The first-order chi connectivity index (χ1) is 8.78. The summed E-state index contributed by atoms with van der Waals surface area (Å²) in [5.74, 6) is 1.12. The van der Waals surface area contributed by atoms with Gasteiger partial charge in [0.1, 0.15) is 0 Å². The van der Waals surface area contributed by atoms with Crippen LogP contribution in [0.3, 0.4) is 0 Å². The van der Waals surface area contributed by atoms with Crippen molar-refractivity contribution in [2.45, 2.75) is 19.4 Å². The van der Waals surface area contributed by atoms with Crippen molar-refractivity contribution in [3.05, 3.63) is 22.1 Å². The zero-order valence-corrected chi connectivity index (χ0v) is 10.7. The van der Waals surface area contributed by atoms with Crippen molar-refractivity contribution in [2.24, 2.45) is 5.92 Å². The third-order valence-electron chi connectivity index (χ3n) is 3.04. The fraction of sp³-hybridized carbons (Fsp3) is 0.667. The lowest BCUT2D eigenvalue weighted by Crippen LogP contribution is -2.34. The number of methoxy groups -OCH3 is 1. The van der Waals surface area contributed by atoms with Crippen molar-refractivity contribution in [1.82, 2.24) is 15.3 Å². The predicted molar refractivity (Wildman–Crippen MR) is 69.7 cm³/mol. The minimum atomic E-state index is -0.152. The number of piperidine rings is 1. The van der Waals surface area contributed by atoms with E-state index >= 15 is 0 Å². The van der Waals surface area contributed by atoms with Crippen LogP contribution in [0.5, 0.6) is 0 Å². The molecule has 6 nitrogen and oxygen atoms in total. The second kappa shape index (κ2) is 6.51. The molecule has 1 aliphatic heterocycles. The summed E-state index contributed by atoms with van der Waals surface area (Å²) in [6.07, 6.45) is 2.42. The summed E-state index contributed by atoms with van der Waals surface area (Å²) in [7, 11) is 1.59. The topological polar surface area (TPSA) is 79.0 Å². The van der Waals surface area contributed by atoms with Gasteiger partial charge in [-0.2, -0.15) is 0 Å². The molecule has 1 fully saturated rings. The van der Waals surface area contributed by atoms with E-state index in [1.165, 1.54) is 18.9 Å². The van der Waals surface area contributed by atoms with E-state index in [1.54, 1.807) is 7.11 Å². The highest BCUT2D eigenvalue weighted by Crippen LogP contribution is 2.10. The molecule has 2 rings (SSSR count). The molecule has 1 saturated heterocycles. The number of aromatic amines is 1. The van der Waals surface area contributed by atoms with Crippen LogP contribution in [0.25, 0.3) is 0 Å². The highest BCUT2D eigenvalue weighted by molar-refractivity contribution is 5.25. The van der Waals surface area contributed by atoms with E-state index in [9.17, 15) is 4.79 Å². The van der Waals surface area contributed by atoms with Crippen LogP contribution in [0.4, 0.5) is 5.95 Å². The molecule has 0 spiro atoms. The number of rotatable bonds is 5. The summed E-state index contributed by atoms with van der Waals surface area (Å²) < 4.78 is 4.98. The van der Waals surface area contributed by atoms with Crippen molar-refractivity contribution >= 4 is 5.95 Å². The fourth-order valence-electron chi connectivity index (χ4n) is 2.15. The third kappa shape index (κ3) is 3.82. The average Bonchev–Trinajstić information content (AvgIpc) is 2.37. The van der Waals surface area contributed by atoms with Crippen molar-refractivity contribution in [3.63, 3.8) is 0 Å². The zero-order valence-electron chi connectivity index (χ0n) is 10.7. The number of aromatic nitrogens is 2. The van der Waals surface area contributed by atoms with Crippen LogP contribution in [0.15, 0.2) is 10.9 Å². The SMILES string of the molecule is COCc1cc(=O)[nH]c(NCC2CCCNC2)n1. The molecule has 0 bridgehead atoms. The first-order valence-electron chi connectivity index (χ1n) is 6.31. The molecule has 0 saturated carbocycles. The van der Waals surface area contributed by atoms with Crippen molar-refractivity contribution in [1.29, 1.82) is 0 Å². The number of H-pyrrole nitrogens is 1. The van der Waals surface area contributed by atoms with Crippen LogP contribution in [0.1, 0.15) is 18.5 Å². The largest absolute Gasteiger partial charge is 0.378 e.